The smallest absolute Gasteiger partial charge is 0.329 e. The number of methoxy groups -OCH3 is 1. The van der Waals surface area contributed by atoms with E-state index in [1.807, 2.05) is 0 Å². The molecule has 3 unspecified atom stereocenters. The molecule has 20 nitrogen and oxygen atoms in total. The van der Waals surface area contributed by atoms with E-state index < -0.39 is 98.6 Å². The number of likely N-dealkylation sites (N-methyl/N-ethyl adjacent to an activating group) is 4. The maximum absolute atomic E-state index is 13.6. The van der Waals surface area contributed by atoms with Crippen molar-refractivity contribution in [2.24, 2.45) is 0 Å². The summed E-state index contributed by atoms with van der Waals surface area (Å²) in [7, 11) is 6.53. The number of carbonyl (C=O) groups excluding carboxylic acids is 8. The van der Waals surface area contributed by atoms with Gasteiger partial charge in [0.1, 0.15) is 25.7 Å². The first kappa shape index (κ1) is 43.4. The quantitative estimate of drug-likeness (QED) is 0.180. The maximum Gasteiger partial charge on any atom is 0.329 e. The van der Waals surface area contributed by atoms with Gasteiger partial charge in [-0.2, -0.15) is 5.10 Å². The van der Waals surface area contributed by atoms with E-state index in [-0.39, 0.29) is 13.2 Å². The molecule has 0 aliphatic carbocycles. The van der Waals surface area contributed by atoms with Crippen LogP contribution >= 0.6 is 0 Å². The minimum atomic E-state index is -1.43. The maximum atomic E-state index is 13.6. The Balaban J connectivity index is 1.81. The Morgan fingerprint density at radius 3 is 1.82 bits per heavy atom. The highest BCUT2D eigenvalue weighted by atomic mass is 16.7. The Hall–Kier alpha value is -6.05. The van der Waals surface area contributed by atoms with E-state index in [2.05, 4.69) is 5.10 Å². The number of ether oxygens (including phenoxy) is 6. The molecular weight excluding hydrogens is 728 g/mol. The van der Waals surface area contributed by atoms with Crippen LogP contribution in [0, 0.1) is 0 Å². The lowest BCUT2D eigenvalue weighted by atomic mass is 10.0. The highest BCUT2D eigenvalue weighted by Crippen LogP contribution is 2.16. The SMILES string of the molecule is COCOc1cnn(Cc2ccc(CC3C(=O)OC(C)C(=O)N(C)CC(=O)OCC(=O)N(C)CC(=O)OC(C)C(=O)N(C)CC(=O)OCC(=O)N3C)cc2)c1. The Morgan fingerprint density at radius 2 is 1.24 bits per heavy atom. The van der Waals surface area contributed by atoms with Crippen molar-refractivity contribution in [2.45, 2.75) is 45.1 Å². The van der Waals surface area contributed by atoms with Crippen molar-refractivity contribution in [3.05, 3.63) is 47.8 Å². The Kier molecular flexibility index (Phi) is 16.1. The third-order valence-electron chi connectivity index (χ3n) is 8.17. The standard InChI is InChI=1S/C35H46N6O14/c1-22-33(47)38(4)17-31(45)52-20-29(43)40(6)27(12-24-8-10-25(11-9-24)14-41-15-26(13-36-41)53-21-50-7)35(49)55-23(2)34(48)39(5)16-30(44)51-19-28(42)37(3)18-32(46)54-22/h8-11,13,15,22-23,27H,12,14,16-21H2,1-7H3. The second-order valence-corrected chi connectivity index (χ2v) is 12.6. The second-order valence-electron chi connectivity index (χ2n) is 12.6. The van der Waals surface area contributed by atoms with E-state index in [0.29, 0.717) is 17.9 Å². The van der Waals surface area contributed by atoms with Gasteiger partial charge in [0.15, 0.2) is 38.0 Å². The van der Waals surface area contributed by atoms with Gasteiger partial charge < -0.3 is 48.0 Å². The molecule has 55 heavy (non-hydrogen) atoms. The van der Waals surface area contributed by atoms with Crippen molar-refractivity contribution < 1.29 is 66.8 Å². The molecule has 0 N–H and O–H groups in total. The van der Waals surface area contributed by atoms with Crippen LogP contribution < -0.4 is 4.74 Å². The van der Waals surface area contributed by atoms with E-state index in [9.17, 15) is 38.4 Å². The molecule has 1 fully saturated rings. The van der Waals surface area contributed by atoms with E-state index in [1.54, 1.807) is 41.3 Å². The summed E-state index contributed by atoms with van der Waals surface area (Å²) in [5.41, 5.74) is 1.46. The molecule has 3 rings (SSSR count). The molecule has 20 heteroatoms. The van der Waals surface area contributed by atoms with Crippen LogP contribution in [0.3, 0.4) is 0 Å². The number of carbonyl (C=O) groups is 8. The highest BCUT2D eigenvalue weighted by Gasteiger charge is 2.33. The summed E-state index contributed by atoms with van der Waals surface area (Å²) in [6.07, 6.45) is 0.374. The summed E-state index contributed by atoms with van der Waals surface area (Å²) in [5.74, 6) is -6.51. The molecule has 1 aliphatic rings. The molecule has 0 bridgehead atoms. The van der Waals surface area contributed by atoms with Crippen LogP contribution in [0.25, 0.3) is 0 Å². The molecule has 2 aromatic rings. The first-order valence-electron chi connectivity index (χ1n) is 16.9. The van der Waals surface area contributed by atoms with Gasteiger partial charge >= 0.3 is 23.9 Å². The molecule has 1 aliphatic heterocycles. The molecule has 1 aromatic heterocycles. The van der Waals surface area contributed by atoms with Gasteiger partial charge in [-0.3, -0.25) is 38.2 Å². The Labute approximate surface area is 317 Å². The monoisotopic (exact) mass is 774 g/mol. The third kappa shape index (κ3) is 13.4. The summed E-state index contributed by atoms with van der Waals surface area (Å²) in [6, 6.07) is 5.75. The minimum absolute atomic E-state index is 0.0700. The molecule has 3 atom stereocenters. The van der Waals surface area contributed by atoms with Crippen LogP contribution in [-0.2, 0) is 75.0 Å². The zero-order valence-corrected chi connectivity index (χ0v) is 31.8. The fourth-order valence-electron chi connectivity index (χ4n) is 5.00. The molecule has 2 heterocycles. The summed E-state index contributed by atoms with van der Waals surface area (Å²) in [4.78, 5) is 106. The lowest BCUT2D eigenvalue weighted by molar-refractivity contribution is -0.167. The first-order valence-corrected chi connectivity index (χ1v) is 16.9. The van der Waals surface area contributed by atoms with Crippen LogP contribution in [0.5, 0.6) is 5.75 Å². The number of benzene rings is 1. The normalized spacial score (nSPS) is 21.1. The first-order chi connectivity index (χ1) is 26.0. The molecular formula is C35H46N6O14. The third-order valence-corrected chi connectivity index (χ3v) is 8.17. The number of esters is 4. The number of hydrogen-bond acceptors (Lipinski definition) is 15. The number of nitrogens with zero attached hydrogens (tertiary/aromatic N) is 6. The van der Waals surface area contributed by atoms with E-state index in [1.165, 1.54) is 49.1 Å². The molecule has 0 saturated carbocycles. The van der Waals surface area contributed by atoms with Crippen molar-refractivity contribution in [2.75, 3.05) is 74.9 Å². The fourth-order valence-corrected chi connectivity index (χ4v) is 5.00. The lowest BCUT2D eigenvalue weighted by Gasteiger charge is -2.29. The van der Waals surface area contributed by atoms with Crippen molar-refractivity contribution in [3.8, 4) is 5.75 Å². The van der Waals surface area contributed by atoms with Gasteiger partial charge in [0.2, 0.25) is 0 Å². The predicted molar refractivity (Wildman–Crippen MR) is 186 cm³/mol. The molecule has 0 radical (unpaired) electrons. The van der Waals surface area contributed by atoms with Gasteiger partial charge in [-0.05, 0) is 25.0 Å². The molecule has 1 saturated heterocycles. The zero-order valence-electron chi connectivity index (χ0n) is 31.8. The van der Waals surface area contributed by atoms with Crippen LogP contribution in [0.1, 0.15) is 25.0 Å². The van der Waals surface area contributed by atoms with Crippen molar-refractivity contribution in [3.63, 3.8) is 0 Å². The lowest BCUT2D eigenvalue weighted by Crippen LogP contribution is -2.49. The van der Waals surface area contributed by atoms with Crippen LogP contribution in [0.15, 0.2) is 36.7 Å². The average molecular weight is 775 g/mol. The van der Waals surface area contributed by atoms with Crippen molar-refractivity contribution in [1.29, 1.82) is 0 Å². The highest BCUT2D eigenvalue weighted by molar-refractivity contribution is 5.91. The molecule has 0 spiro atoms. The number of hydrogen-bond donors (Lipinski definition) is 0. The minimum Gasteiger partial charge on any atom is -0.464 e. The topological polar surface area (TPSA) is 223 Å². The van der Waals surface area contributed by atoms with Crippen LogP contribution in [-0.4, -0.2) is 170 Å². The van der Waals surface area contributed by atoms with E-state index >= 15 is 0 Å². The number of cyclic esters (lactones) is 4. The van der Waals surface area contributed by atoms with Crippen molar-refractivity contribution >= 4 is 47.5 Å². The van der Waals surface area contributed by atoms with Gasteiger partial charge in [-0.15, -0.1) is 0 Å². The van der Waals surface area contributed by atoms with E-state index in [0.717, 1.165) is 25.2 Å². The average Bonchev–Trinajstić information content (AvgIpc) is 3.59. The molecule has 300 valence electrons. The van der Waals surface area contributed by atoms with Crippen molar-refractivity contribution in [1.82, 2.24) is 29.4 Å². The van der Waals surface area contributed by atoms with Gasteiger partial charge in [-0.1, -0.05) is 24.3 Å². The molecule has 4 amide bonds. The van der Waals surface area contributed by atoms with Gasteiger partial charge in [0.25, 0.3) is 23.6 Å². The number of aromatic nitrogens is 2. The summed E-state index contributed by atoms with van der Waals surface area (Å²) in [5, 5.41) is 4.25. The number of amides is 4. The van der Waals surface area contributed by atoms with E-state index in [4.69, 9.17) is 28.4 Å². The number of rotatable bonds is 7. The zero-order chi connectivity index (χ0) is 40.8. The Bertz CT molecular complexity index is 1710. The van der Waals surface area contributed by atoms with Gasteiger partial charge in [0, 0.05) is 41.7 Å². The van der Waals surface area contributed by atoms with Gasteiger partial charge in [-0.25, -0.2) is 4.79 Å². The predicted octanol–water partition coefficient (Wildman–Crippen LogP) is -1.38. The largest absolute Gasteiger partial charge is 0.464 e. The Morgan fingerprint density at radius 1 is 0.709 bits per heavy atom. The van der Waals surface area contributed by atoms with Gasteiger partial charge in [0.05, 0.1) is 18.9 Å². The fraction of sp³-hybridized carbons (Fsp3) is 0.514. The summed E-state index contributed by atoms with van der Waals surface area (Å²) < 4.78 is 32.5. The summed E-state index contributed by atoms with van der Waals surface area (Å²) >= 11 is 0. The summed E-state index contributed by atoms with van der Waals surface area (Å²) in [6.45, 7) is -0.421. The molecule has 1 aromatic carbocycles. The van der Waals surface area contributed by atoms with Crippen LogP contribution in [0.4, 0.5) is 0 Å². The van der Waals surface area contributed by atoms with Crippen LogP contribution in [0.2, 0.25) is 0 Å². The second kappa shape index (κ2) is 20.4.